The number of benzene rings is 1. The molecule has 0 unspecified atom stereocenters. The fourth-order valence-corrected chi connectivity index (χ4v) is 2.48. The molecule has 3 rings (SSSR count). The van der Waals surface area contributed by atoms with E-state index in [-0.39, 0.29) is 0 Å². The summed E-state index contributed by atoms with van der Waals surface area (Å²) in [5.74, 6) is 1.32. The molecule has 0 saturated heterocycles. The van der Waals surface area contributed by atoms with E-state index in [0.29, 0.717) is 23.2 Å². The smallest absolute Gasteiger partial charge is 0.163 e. The predicted octanol–water partition coefficient (Wildman–Crippen LogP) is 3.36. The Hall–Kier alpha value is -2.50. The Morgan fingerprint density at radius 1 is 1.09 bits per heavy atom. The van der Waals surface area contributed by atoms with Crippen LogP contribution in [0, 0.1) is 0 Å². The topological polar surface area (TPSA) is 76.7 Å². The van der Waals surface area contributed by atoms with E-state index >= 15 is 0 Å². The van der Waals surface area contributed by atoms with Crippen molar-refractivity contribution in [1.82, 2.24) is 15.0 Å². The lowest BCUT2D eigenvalue weighted by atomic mass is 10.1. The Bertz CT molecular complexity index is 803. The van der Waals surface area contributed by atoms with Crippen molar-refractivity contribution >= 4 is 17.4 Å². The summed E-state index contributed by atoms with van der Waals surface area (Å²) in [6.07, 6.45) is 3.46. The highest BCUT2D eigenvalue weighted by atomic mass is 35.5. The van der Waals surface area contributed by atoms with Crippen LogP contribution >= 0.6 is 11.6 Å². The molecule has 0 bridgehead atoms. The summed E-state index contributed by atoms with van der Waals surface area (Å²) in [5.41, 5.74) is 9.38. The van der Waals surface area contributed by atoms with Gasteiger partial charge >= 0.3 is 0 Å². The third-order valence-electron chi connectivity index (χ3n) is 3.49. The van der Waals surface area contributed by atoms with Crippen molar-refractivity contribution in [1.29, 1.82) is 0 Å². The minimum Gasteiger partial charge on any atom is -0.373 e. The highest BCUT2D eigenvalue weighted by Crippen LogP contribution is 2.29. The zero-order valence-corrected chi connectivity index (χ0v) is 13.4. The average molecular weight is 326 g/mol. The minimum absolute atomic E-state index is 0.335. The Kier molecular flexibility index (Phi) is 4.50. The molecule has 0 aliphatic rings. The van der Waals surface area contributed by atoms with Crippen LogP contribution in [0.4, 0.5) is 5.82 Å². The summed E-state index contributed by atoms with van der Waals surface area (Å²) < 4.78 is 0. The van der Waals surface area contributed by atoms with E-state index in [9.17, 15) is 0 Å². The molecular weight excluding hydrogens is 310 g/mol. The maximum absolute atomic E-state index is 5.98. The maximum atomic E-state index is 5.98. The average Bonchev–Trinajstić information content (AvgIpc) is 2.62. The largest absolute Gasteiger partial charge is 0.373 e. The van der Waals surface area contributed by atoms with Crippen molar-refractivity contribution in [2.75, 3.05) is 12.4 Å². The fraction of sp³-hybridized carbons (Fsp3) is 0.118. The van der Waals surface area contributed by atoms with E-state index in [1.807, 2.05) is 43.4 Å². The van der Waals surface area contributed by atoms with E-state index in [1.165, 1.54) is 0 Å². The van der Waals surface area contributed by atoms with Crippen LogP contribution in [-0.2, 0) is 6.54 Å². The van der Waals surface area contributed by atoms with Gasteiger partial charge in [-0.3, -0.25) is 4.98 Å². The van der Waals surface area contributed by atoms with Crippen LogP contribution in [0.3, 0.4) is 0 Å². The number of halogens is 1. The van der Waals surface area contributed by atoms with Crippen LogP contribution in [-0.4, -0.2) is 22.0 Å². The maximum Gasteiger partial charge on any atom is 0.163 e. The van der Waals surface area contributed by atoms with E-state index in [1.54, 1.807) is 12.4 Å². The molecule has 0 spiro atoms. The van der Waals surface area contributed by atoms with Crippen LogP contribution in [0.5, 0.6) is 0 Å². The monoisotopic (exact) mass is 325 g/mol. The predicted molar refractivity (Wildman–Crippen MR) is 93.1 cm³/mol. The number of nitrogens with zero attached hydrogens (tertiary/aromatic N) is 3. The standard InChI is InChI=1S/C17H16ClN5/c1-20-17-14(9-19)15(11-4-6-13(18)7-5-11)22-16(23-17)12-3-2-8-21-10-12/h2-8,10H,9,19H2,1H3,(H,20,22,23). The Morgan fingerprint density at radius 2 is 1.87 bits per heavy atom. The summed E-state index contributed by atoms with van der Waals surface area (Å²) in [4.78, 5) is 13.4. The number of hydrogen-bond acceptors (Lipinski definition) is 5. The number of anilines is 1. The van der Waals surface area contributed by atoms with Gasteiger partial charge in [0.25, 0.3) is 0 Å². The van der Waals surface area contributed by atoms with Crippen molar-refractivity contribution < 1.29 is 0 Å². The van der Waals surface area contributed by atoms with Gasteiger partial charge < -0.3 is 11.1 Å². The number of aromatic nitrogens is 3. The first-order chi connectivity index (χ1) is 11.2. The van der Waals surface area contributed by atoms with Gasteiger partial charge in [0.1, 0.15) is 5.82 Å². The Balaban J connectivity index is 2.22. The number of nitrogens with one attached hydrogen (secondary N) is 1. The second-order valence-corrected chi connectivity index (χ2v) is 5.36. The molecule has 3 N–H and O–H groups in total. The highest BCUT2D eigenvalue weighted by molar-refractivity contribution is 6.30. The molecule has 23 heavy (non-hydrogen) atoms. The Labute approximate surface area is 139 Å². The molecule has 0 aliphatic heterocycles. The zero-order valence-electron chi connectivity index (χ0n) is 12.6. The van der Waals surface area contributed by atoms with E-state index in [4.69, 9.17) is 22.3 Å². The number of pyridine rings is 1. The fourth-order valence-electron chi connectivity index (χ4n) is 2.35. The first kappa shape index (κ1) is 15.4. The second-order valence-electron chi connectivity index (χ2n) is 4.93. The van der Waals surface area contributed by atoms with E-state index in [0.717, 1.165) is 22.4 Å². The zero-order chi connectivity index (χ0) is 16.2. The normalized spacial score (nSPS) is 10.6. The van der Waals surface area contributed by atoms with E-state index < -0.39 is 0 Å². The quantitative estimate of drug-likeness (QED) is 0.769. The molecule has 0 radical (unpaired) electrons. The van der Waals surface area contributed by atoms with Gasteiger partial charge in [-0.2, -0.15) is 0 Å². The van der Waals surface area contributed by atoms with Crippen LogP contribution in [0.2, 0.25) is 5.02 Å². The number of nitrogens with two attached hydrogens (primary N) is 1. The third-order valence-corrected chi connectivity index (χ3v) is 3.74. The van der Waals surface area contributed by atoms with Gasteiger partial charge in [-0.05, 0) is 24.3 Å². The lowest BCUT2D eigenvalue weighted by Gasteiger charge is -2.14. The first-order valence-electron chi connectivity index (χ1n) is 7.18. The van der Waals surface area contributed by atoms with Gasteiger partial charge in [0.05, 0.1) is 5.69 Å². The highest BCUT2D eigenvalue weighted by Gasteiger charge is 2.15. The Morgan fingerprint density at radius 3 is 2.48 bits per heavy atom. The molecule has 6 heteroatoms. The molecular formula is C17H16ClN5. The van der Waals surface area contributed by atoms with Gasteiger partial charge in [-0.1, -0.05) is 23.7 Å². The van der Waals surface area contributed by atoms with Crippen molar-refractivity contribution in [3.05, 3.63) is 59.4 Å². The van der Waals surface area contributed by atoms with Crippen molar-refractivity contribution in [2.24, 2.45) is 5.73 Å². The number of hydrogen-bond donors (Lipinski definition) is 2. The van der Waals surface area contributed by atoms with Crippen LogP contribution in [0.15, 0.2) is 48.8 Å². The van der Waals surface area contributed by atoms with Crippen molar-refractivity contribution in [3.63, 3.8) is 0 Å². The molecule has 3 aromatic rings. The SMILES string of the molecule is CNc1nc(-c2cccnc2)nc(-c2ccc(Cl)cc2)c1CN. The molecule has 116 valence electrons. The van der Waals surface area contributed by atoms with E-state index in [2.05, 4.69) is 15.3 Å². The van der Waals surface area contributed by atoms with Gasteiger partial charge in [-0.15, -0.1) is 0 Å². The first-order valence-corrected chi connectivity index (χ1v) is 7.55. The third kappa shape index (κ3) is 3.16. The molecule has 2 aromatic heterocycles. The van der Waals surface area contributed by atoms with Gasteiger partial charge in [-0.25, -0.2) is 9.97 Å². The van der Waals surface area contributed by atoms with Gasteiger partial charge in [0.15, 0.2) is 5.82 Å². The molecule has 1 aromatic carbocycles. The molecule has 0 aliphatic carbocycles. The summed E-state index contributed by atoms with van der Waals surface area (Å²) in [6, 6.07) is 11.3. The summed E-state index contributed by atoms with van der Waals surface area (Å²) in [6.45, 7) is 0.335. The molecule has 0 atom stereocenters. The summed E-state index contributed by atoms with van der Waals surface area (Å²) in [5, 5.41) is 3.78. The molecule has 0 amide bonds. The summed E-state index contributed by atoms with van der Waals surface area (Å²) >= 11 is 5.98. The molecule has 0 fully saturated rings. The lowest BCUT2D eigenvalue weighted by molar-refractivity contribution is 1.02. The number of rotatable bonds is 4. The van der Waals surface area contributed by atoms with Crippen LogP contribution < -0.4 is 11.1 Å². The van der Waals surface area contributed by atoms with Gasteiger partial charge in [0.2, 0.25) is 0 Å². The van der Waals surface area contributed by atoms with Gasteiger partial charge in [0, 0.05) is 47.7 Å². The molecule has 2 heterocycles. The lowest BCUT2D eigenvalue weighted by Crippen LogP contribution is -2.09. The summed E-state index contributed by atoms with van der Waals surface area (Å²) in [7, 11) is 1.82. The van der Waals surface area contributed by atoms with Crippen LogP contribution in [0.25, 0.3) is 22.6 Å². The van der Waals surface area contributed by atoms with Crippen molar-refractivity contribution in [2.45, 2.75) is 6.54 Å². The van der Waals surface area contributed by atoms with Crippen molar-refractivity contribution in [3.8, 4) is 22.6 Å². The van der Waals surface area contributed by atoms with Crippen LogP contribution in [0.1, 0.15) is 5.56 Å². The molecule has 5 nitrogen and oxygen atoms in total. The minimum atomic E-state index is 0.335. The molecule has 0 saturated carbocycles. The second kappa shape index (κ2) is 6.73.